The van der Waals surface area contributed by atoms with Crippen molar-refractivity contribution in [1.29, 1.82) is 0 Å². The lowest BCUT2D eigenvalue weighted by Gasteiger charge is -1.99. The molecule has 126 valence electrons. The first-order chi connectivity index (χ1) is 12.0. The van der Waals surface area contributed by atoms with Crippen molar-refractivity contribution in [2.45, 2.75) is 6.92 Å². The van der Waals surface area contributed by atoms with Crippen LogP contribution in [0.1, 0.15) is 21.5 Å². The third-order valence-electron chi connectivity index (χ3n) is 3.53. The van der Waals surface area contributed by atoms with E-state index in [9.17, 15) is 9.59 Å². The van der Waals surface area contributed by atoms with Crippen molar-refractivity contribution >= 4 is 44.6 Å². The summed E-state index contributed by atoms with van der Waals surface area (Å²) in [5.41, 5.74) is 3.30. The van der Waals surface area contributed by atoms with Gasteiger partial charge in [0, 0.05) is 6.08 Å². The fourth-order valence-electron chi connectivity index (χ4n) is 2.25. The van der Waals surface area contributed by atoms with Crippen LogP contribution < -0.4 is 5.32 Å². The van der Waals surface area contributed by atoms with Gasteiger partial charge in [0.2, 0.25) is 5.91 Å². The normalized spacial score (nSPS) is 11.0. The van der Waals surface area contributed by atoms with Gasteiger partial charge in [-0.15, -0.1) is 0 Å². The molecule has 25 heavy (non-hydrogen) atoms. The summed E-state index contributed by atoms with van der Waals surface area (Å²) in [5.74, 6) is -0.646. The Hall–Kier alpha value is -2.99. The summed E-state index contributed by atoms with van der Waals surface area (Å²) < 4.78 is 5.69. The minimum atomic E-state index is -0.389. The first kappa shape index (κ1) is 16.9. The Balaban J connectivity index is 1.66. The highest BCUT2D eigenvalue weighted by molar-refractivity contribution is 7.22. The van der Waals surface area contributed by atoms with Gasteiger partial charge in [0.1, 0.15) is 0 Å². The number of benzene rings is 2. The molecule has 1 heterocycles. The maximum absolute atomic E-state index is 12.0. The number of nitrogens with one attached hydrogen (secondary N) is 1. The van der Waals surface area contributed by atoms with Crippen molar-refractivity contribution < 1.29 is 14.3 Å². The van der Waals surface area contributed by atoms with Gasteiger partial charge in [-0.1, -0.05) is 29.5 Å². The summed E-state index contributed by atoms with van der Waals surface area (Å²) in [4.78, 5) is 27.8. The van der Waals surface area contributed by atoms with Crippen LogP contribution in [-0.4, -0.2) is 24.0 Å². The van der Waals surface area contributed by atoms with Crippen LogP contribution in [-0.2, 0) is 9.53 Å². The number of carbonyl (C=O) groups excluding carboxylic acids is 2. The van der Waals surface area contributed by atoms with Crippen molar-refractivity contribution in [2.75, 3.05) is 12.4 Å². The Morgan fingerprint density at radius 3 is 2.64 bits per heavy atom. The number of hydrogen-bond donors (Lipinski definition) is 1. The average molecular weight is 352 g/mol. The van der Waals surface area contributed by atoms with Crippen LogP contribution in [0.25, 0.3) is 16.3 Å². The molecule has 3 rings (SSSR count). The number of thiazole rings is 1. The molecule has 6 heteroatoms. The third-order valence-corrected chi connectivity index (χ3v) is 4.47. The molecule has 0 bridgehead atoms. The number of esters is 1. The summed E-state index contributed by atoms with van der Waals surface area (Å²) in [6.07, 6.45) is 3.11. The molecule has 1 N–H and O–H groups in total. The topological polar surface area (TPSA) is 68.3 Å². The van der Waals surface area contributed by atoms with E-state index in [0.717, 1.165) is 21.3 Å². The van der Waals surface area contributed by atoms with Crippen molar-refractivity contribution in [3.63, 3.8) is 0 Å². The minimum Gasteiger partial charge on any atom is -0.465 e. The van der Waals surface area contributed by atoms with Gasteiger partial charge in [0.05, 0.1) is 22.9 Å². The van der Waals surface area contributed by atoms with E-state index in [-0.39, 0.29) is 11.9 Å². The van der Waals surface area contributed by atoms with E-state index in [2.05, 4.69) is 15.0 Å². The number of rotatable bonds is 4. The number of hydrogen-bond acceptors (Lipinski definition) is 5. The smallest absolute Gasteiger partial charge is 0.337 e. The Morgan fingerprint density at radius 2 is 1.92 bits per heavy atom. The minimum absolute atomic E-state index is 0.257. The van der Waals surface area contributed by atoms with Crippen LogP contribution in [0.4, 0.5) is 5.13 Å². The predicted octanol–water partition coefficient (Wildman–Crippen LogP) is 4.04. The van der Waals surface area contributed by atoms with E-state index in [0.29, 0.717) is 10.7 Å². The molecule has 1 amide bonds. The fraction of sp³-hybridized carbons (Fsp3) is 0.105. The van der Waals surface area contributed by atoms with E-state index >= 15 is 0 Å². The molecular weight excluding hydrogens is 336 g/mol. The fourth-order valence-corrected chi connectivity index (χ4v) is 3.22. The monoisotopic (exact) mass is 352 g/mol. The lowest BCUT2D eigenvalue weighted by molar-refractivity contribution is -0.111. The highest BCUT2D eigenvalue weighted by Crippen LogP contribution is 2.26. The SMILES string of the molecule is COC(=O)c1ccc(/C=C/C(=O)Nc2nc3ccc(C)cc3s2)cc1. The summed E-state index contributed by atoms with van der Waals surface area (Å²) >= 11 is 1.44. The lowest BCUT2D eigenvalue weighted by Crippen LogP contribution is -2.07. The van der Waals surface area contributed by atoms with E-state index < -0.39 is 0 Å². The van der Waals surface area contributed by atoms with Crippen molar-refractivity contribution in [2.24, 2.45) is 0 Å². The molecule has 0 spiro atoms. The molecule has 0 fully saturated rings. The molecule has 5 nitrogen and oxygen atoms in total. The van der Waals surface area contributed by atoms with E-state index in [1.54, 1.807) is 30.3 Å². The number of carbonyl (C=O) groups is 2. The van der Waals surface area contributed by atoms with Gasteiger partial charge in [-0.25, -0.2) is 9.78 Å². The van der Waals surface area contributed by atoms with E-state index in [1.165, 1.54) is 24.5 Å². The molecule has 0 aliphatic rings. The molecule has 0 aliphatic carbocycles. The van der Waals surface area contributed by atoms with Gasteiger partial charge in [-0.3, -0.25) is 10.1 Å². The number of fused-ring (bicyclic) bond motifs is 1. The lowest BCUT2D eigenvalue weighted by atomic mass is 10.1. The first-order valence-corrected chi connectivity index (χ1v) is 8.41. The number of nitrogens with zero attached hydrogens (tertiary/aromatic N) is 1. The molecule has 0 unspecified atom stereocenters. The maximum Gasteiger partial charge on any atom is 0.337 e. The van der Waals surface area contributed by atoms with Crippen LogP contribution in [0.3, 0.4) is 0 Å². The van der Waals surface area contributed by atoms with Crippen LogP contribution >= 0.6 is 11.3 Å². The molecule has 0 radical (unpaired) electrons. The van der Waals surface area contributed by atoms with Crippen LogP contribution in [0.2, 0.25) is 0 Å². The second kappa shape index (κ2) is 7.27. The number of amides is 1. The van der Waals surface area contributed by atoms with E-state index in [1.807, 2.05) is 25.1 Å². The molecule has 0 atom stereocenters. The molecule has 1 aromatic heterocycles. The molecule has 2 aromatic carbocycles. The average Bonchev–Trinajstić information content (AvgIpc) is 3.01. The Labute approximate surface area is 149 Å². The summed E-state index contributed by atoms with van der Waals surface area (Å²) in [6.45, 7) is 2.02. The van der Waals surface area contributed by atoms with Crippen LogP contribution in [0.15, 0.2) is 48.5 Å². The van der Waals surface area contributed by atoms with Crippen molar-refractivity contribution in [3.8, 4) is 0 Å². The van der Waals surface area contributed by atoms with Gasteiger partial charge < -0.3 is 4.74 Å². The summed E-state index contributed by atoms with van der Waals surface area (Å²) in [6, 6.07) is 12.8. The number of methoxy groups -OCH3 is 1. The highest BCUT2D eigenvalue weighted by Gasteiger charge is 2.06. The highest BCUT2D eigenvalue weighted by atomic mass is 32.1. The zero-order valence-electron chi connectivity index (χ0n) is 13.8. The van der Waals surface area contributed by atoms with Gasteiger partial charge >= 0.3 is 5.97 Å². The number of anilines is 1. The second-order valence-corrected chi connectivity index (χ2v) is 6.46. The standard InChI is InChI=1S/C19H16N2O3S/c1-12-3-9-15-16(11-12)25-19(20-15)21-17(22)10-6-13-4-7-14(8-5-13)18(23)24-2/h3-11H,1-2H3,(H,20,21,22)/b10-6+. The zero-order chi connectivity index (χ0) is 17.8. The Morgan fingerprint density at radius 1 is 1.16 bits per heavy atom. The number of aryl methyl sites for hydroxylation is 1. The Kier molecular flexibility index (Phi) is 4.90. The largest absolute Gasteiger partial charge is 0.465 e. The molecule has 0 saturated heterocycles. The van der Waals surface area contributed by atoms with Gasteiger partial charge in [-0.2, -0.15) is 0 Å². The van der Waals surface area contributed by atoms with Crippen molar-refractivity contribution in [1.82, 2.24) is 4.98 Å². The van der Waals surface area contributed by atoms with E-state index in [4.69, 9.17) is 0 Å². The van der Waals surface area contributed by atoms with Gasteiger partial charge in [0.15, 0.2) is 5.13 Å². The van der Waals surface area contributed by atoms with Crippen molar-refractivity contribution in [3.05, 3.63) is 65.2 Å². The third kappa shape index (κ3) is 4.10. The maximum atomic E-state index is 12.0. The quantitative estimate of drug-likeness (QED) is 0.568. The predicted molar refractivity (Wildman–Crippen MR) is 99.8 cm³/mol. The summed E-state index contributed by atoms with van der Waals surface area (Å²) in [7, 11) is 1.34. The summed E-state index contributed by atoms with van der Waals surface area (Å²) in [5, 5.41) is 3.33. The van der Waals surface area contributed by atoms with Crippen LogP contribution in [0, 0.1) is 6.92 Å². The zero-order valence-corrected chi connectivity index (χ0v) is 14.6. The van der Waals surface area contributed by atoms with Crippen LogP contribution in [0.5, 0.6) is 0 Å². The molecular formula is C19H16N2O3S. The number of ether oxygens (including phenoxy) is 1. The van der Waals surface area contributed by atoms with Gasteiger partial charge in [0.25, 0.3) is 0 Å². The second-order valence-electron chi connectivity index (χ2n) is 5.43. The van der Waals surface area contributed by atoms with Gasteiger partial charge in [-0.05, 0) is 48.4 Å². The molecule has 3 aromatic rings. The Bertz CT molecular complexity index is 958. The number of aromatic nitrogens is 1. The first-order valence-electron chi connectivity index (χ1n) is 7.60. The molecule has 0 aliphatic heterocycles. The molecule has 0 saturated carbocycles.